The van der Waals surface area contributed by atoms with Crippen LogP contribution in [0.2, 0.25) is 0 Å². The highest BCUT2D eigenvalue weighted by Crippen LogP contribution is 2.28. The molecule has 0 bridgehead atoms. The summed E-state index contributed by atoms with van der Waals surface area (Å²) in [5, 5.41) is 24.0. The molecule has 0 radical (unpaired) electrons. The summed E-state index contributed by atoms with van der Waals surface area (Å²) in [7, 11) is 0. The van der Waals surface area contributed by atoms with Gasteiger partial charge >= 0.3 is 5.97 Å². The van der Waals surface area contributed by atoms with Gasteiger partial charge in [0, 0.05) is 6.42 Å². The van der Waals surface area contributed by atoms with E-state index in [0.717, 1.165) is 6.42 Å². The standard InChI is InChI=1S/C4H8O2.C2H3Cl3O2/c1-2-3-4(5)6;3-2(4,5)1(6)7/h2-3H2,1H3,(H,5,6);1,6-7H. The second-order valence-corrected chi connectivity index (χ2v) is 4.43. The second kappa shape index (κ2) is 7.64. The molecular formula is C6H11Cl3O4. The maximum Gasteiger partial charge on any atom is 0.303 e. The Morgan fingerprint density at radius 1 is 1.38 bits per heavy atom. The molecular weight excluding hydrogens is 242 g/mol. The maximum absolute atomic E-state index is 9.60. The van der Waals surface area contributed by atoms with Crippen LogP contribution in [-0.2, 0) is 4.79 Å². The Bertz CT molecular complexity index is 143. The van der Waals surface area contributed by atoms with E-state index in [1.54, 1.807) is 0 Å². The van der Waals surface area contributed by atoms with Crippen LogP contribution in [0.4, 0.5) is 0 Å². The molecule has 0 saturated carbocycles. The minimum absolute atomic E-state index is 0.292. The first kappa shape index (κ1) is 15.7. The van der Waals surface area contributed by atoms with Gasteiger partial charge in [-0.15, -0.1) is 0 Å². The highest BCUT2D eigenvalue weighted by Gasteiger charge is 2.28. The lowest BCUT2D eigenvalue weighted by atomic mass is 10.4. The van der Waals surface area contributed by atoms with Crippen LogP contribution in [0.15, 0.2) is 0 Å². The first-order valence-corrected chi connectivity index (χ1v) is 4.49. The SMILES string of the molecule is CCCC(=O)O.OC(O)C(Cl)(Cl)Cl. The molecule has 3 N–H and O–H groups in total. The molecule has 80 valence electrons. The largest absolute Gasteiger partial charge is 0.481 e. The second-order valence-electron chi connectivity index (χ2n) is 2.06. The first-order valence-electron chi connectivity index (χ1n) is 3.36. The van der Waals surface area contributed by atoms with Crippen molar-refractivity contribution >= 4 is 40.8 Å². The first-order chi connectivity index (χ1) is 5.71. The summed E-state index contributed by atoms with van der Waals surface area (Å²) >= 11 is 14.7. The molecule has 0 aromatic rings. The molecule has 0 aromatic carbocycles. The molecule has 13 heavy (non-hydrogen) atoms. The van der Waals surface area contributed by atoms with Gasteiger partial charge < -0.3 is 15.3 Å². The Morgan fingerprint density at radius 3 is 1.69 bits per heavy atom. The quantitative estimate of drug-likeness (QED) is 0.515. The van der Waals surface area contributed by atoms with E-state index in [9.17, 15) is 4.79 Å². The molecule has 0 atom stereocenters. The van der Waals surface area contributed by atoms with Gasteiger partial charge in [-0.1, -0.05) is 41.7 Å². The van der Waals surface area contributed by atoms with Crippen LogP contribution in [0, 0.1) is 0 Å². The summed E-state index contributed by atoms with van der Waals surface area (Å²) in [5.41, 5.74) is 0. The van der Waals surface area contributed by atoms with E-state index in [0.29, 0.717) is 6.42 Å². The van der Waals surface area contributed by atoms with Crippen molar-refractivity contribution in [2.45, 2.75) is 29.8 Å². The fourth-order valence-electron chi connectivity index (χ4n) is 0.214. The van der Waals surface area contributed by atoms with E-state index < -0.39 is 16.1 Å². The number of aliphatic hydroxyl groups is 2. The fourth-order valence-corrected chi connectivity index (χ4v) is 0.214. The molecule has 0 aromatic heterocycles. The molecule has 0 aliphatic carbocycles. The van der Waals surface area contributed by atoms with Gasteiger partial charge in [0.15, 0.2) is 6.29 Å². The van der Waals surface area contributed by atoms with Crippen LogP contribution in [-0.4, -0.2) is 31.4 Å². The van der Waals surface area contributed by atoms with Crippen molar-refractivity contribution < 1.29 is 20.1 Å². The van der Waals surface area contributed by atoms with Crippen LogP contribution in [0.3, 0.4) is 0 Å². The normalized spacial score (nSPS) is 10.7. The predicted molar refractivity (Wildman–Crippen MR) is 51.1 cm³/mol. The number of rotatable bonds is 2. The van der Waals surface area contributed by atoms with Gasteiger partial charge in [0.05, 0.1) is 0 Å². The van der Waals surface area contributed by atoms with E-state index in [1.807, 2.05) is 6.92 Å². The third kappa shape index (κ3) is 15.1. The predicted octanol–water partition coefficient (Wildman–Crippen LogP) is 1.54. The van der Waals surface area contributed by atoms with Crippen LogP contribution in [0.5, 0.6) is 0 Å². The summed E-state index contributed by atoms with van der Waals surface area (Å²) < 4.78 is -1.97. The Labute approximate surface area is 91.0 Å². The lowest BCUT2D eigenvalue weighted by Gasteiger charge is -2.10. The molecule has 0 aliphatic rings. The Morgan fingerprint density at radius 2 is 1.69 bits per heavy atom. The zero-order chi connectivity index (χ0) is 11.1. The molecule has 0 saturated heterocycles. The lowest BCUT2D eigenvalue weighted by molar-refractivity contribution is -0.137. The van der Waals surface area contributed by atoms with Gasteiger partial charge in [0.2, 0.25) is 3.79 Å². The number of carboxylic acids is 1. The minimum Gasteiger partial charge on any atom is -0.481 e. The van der Waals surface area contributed by atoms with Gasteiger partial charge in [-0.05, 0) is 6.42 Å². The molecule has 0 spiro atoms. The third-order valence-corrected chi connectivity index (χ3v) is 1.34. The van der Waals surface area contributed by atoms with Crippen molar-refractivity contribution in [3.63, 3.8) is 0 Å². The van der Waals surface area contributed by atoms with Gasteiger partial charge in [0.25, 0.3) is 0 Å². The molecule has 4 nitrogen and oxygen atoms in total. The number of aliphatic carboxylic acids is 1. The summed E-state index contributed by atoms with van der Waals surface area (Å²) in [6, 6.07) is 0. The van der Waals surface area contributed by atoms with Gasteiger partial charge in [0.1, 0.15) is 0 Å². The summed E-state index contributed by atoms with van der Waals surface area (Å²) in [5.74, 6) is -0.711. The van der Waals surface area contributed by atoms with Crippen molar-refractivity contribution in [1.29, 1.82) is 0 Å². The number of carboxylic acid groups (broad SMARTS) is 1. The van der Waals surface area contributed by atoms with E-state index in [1.165, 1.54) is 0 Å². The third-order valence-electron chi connectivity index (χ3n) is 0.757. The van der Waals surface area contributed by atoms with Crippen LogP contribution in [0.1, 0.15) is 19.8 Å². The number of hydrogen-bond donors (Lipinski definition) is 3. The number of aliphatic hydroxyl groups excluding tert-OH is 1. The zero-order valence-corrected chi connectivity index (χ0v) is 9.14. The maximum atomic E-state index is 9.60. The smallest absolute Gasteiger partial charge is 0.303 e. The van der Waals surface area contributed by atoms with E-state index >= 15 is 0 Å². The van der Waals surface area contributed by atoms with E-state index in [2.05, 4.69) is 0 Å². The van der Waals surface area contributed by atoms with Gasteiger partial charge in [-0.25, -0.2) is 0 Å². The highest BCUT2D eigenvalue weighted by atomic mass is 35.6. The van der Waals surface area contributed by atoms with Crippen molar-refractivity contribution in [1.82, 2.24) is 0 Å². The zero-order valence-electron chi connectivity index (χ0n) is 6.88. The molecule has 0 aliphatic heterocycles. The molecule has 0 heterocycles. The number of hydrogen-bond acceptors (Lipinski definition) is 3. The molecule has 0 fully saturated rings. The fraction of sp³-hybridized carbons (Fsp3) is 0.833. The van der Waals surface area contributed by atoms with Crippen molar-refractivity contribution in [2.75, 3.05) is 0 Å². The van der Waals surface area contributed by atoms with Gasteiger partial charge in [-0.2, -0.15) is 0 Å². The number of halogens is 3. The minimum atomic E-state index is -1.97. The summed E-state index contributed by atoms with van der Waals surface area (Å²) in [6.45, 7) is 1.84. The van der Waals surface area contributed by atoms with Crippen LogP contribution < -0.4 is 0 Å². The average molecular weight is 254 g/mol. The monoisotopic (exact) mass is 252 g/mol. The Hall–Kier alpha value is 0.260. The highest BCUT2D eigenvalue weighted by molar-refractivity contribution is 6.67. The molecule has 7 heteroatoms. The van der Waals surface area contributed by atoms with E-state index in [4.69, 9.17) is 50.1 Å². The lowest BCUT2D eigenvalue weighted by Crippen LogP contribution is -2.23. The topological polar surface area (TPSA) is 77.8 Å². The van der Waals surface area contributed by atoms with Crippen LogP contribution in [0.25, 0.3) is 0 Å². The molecule has 0 unspecified atom stereocenters. The Balaban J connectivity index is 0. The van der Waals surface area contributed by atoms with Crippen molar-refractivity contribution in [3.8, 4) is 0 Å². The Kier molecular flexibility index (Phi) is 9.24. The average Bonchev–Trinajstić information content (AvgIpc) is 1.85. The van der Waals surface area contributed by atoms with Crippen LogP contribution >= 0.6 is 34.8 Å². The van der Waals surface area contributed by atoms with Crippen molar-refractivity contribution in [2.24, 2.45) is 0 Å². The van der Waals surface area contributed by atoms with Crippen molar-refractivity contribution in [3.05, 3.63) is 0 Å². The molecule has 0 amide bonds. The van der Waals surface area contributed by atoms with Gasteiger partial charge in [-0.3, -0.25) is 4.79 Å². The number of alkyl halides is 3. The summed E-state index contributed by atoms with van der Waals surface area (Å²) in [4.78, 5) is 9.60. The molecule has 0 rings (SSSR count). The summed E-state index contributed by atoms with van der Waals surface area (Å²) in [6.07, 6.45) is -0.882. The van der Waals surface area contributed by atoms with E-state index in [-0.39, 0.29) is 0 Å². The number of carbonyl (C=O) groups is 1.